The summed E-state index contributed by atoms with van der Waals surface area (Å²) in [7, 11) is 0. The number of halogens is 3. The zero-order chi connectivity index (χ0) is 31.0. The number of rotatable bonds is 9. The number of aromatic nitrogens is 1. The highest BCUT2D eigenvalue weighted by Gasteiger charge is 2.46. The molecule has 3 N–H and O–H groups in total. The van der Waals surface area contributed by atoms with Crippen LogP contribution in [0.1, 0.15) is 74.2 Å². The van der Waals surface area contributed by atoms with Gasteiger partial charge in [-0.1, -0.05) is 64.9 Å². The lowest BCUT2D eigenvalue weighted by Gasteiger charge is -2.51. The second-order valence-corrected chi connectivity index (χ2v) is 14.0. The Hall–Kier alpha value is -2.18. The predicted octanol–water partition coefficient (Wildman–Crippen LogP) is 6.85. The minimum absolute atomic E-state index is 0.196. The van der Waals surface area contributed by atoms with Crippen LogP contribution in [0, 0.1) is 5.92 Å². The summed E-state index contributed by atoms with van der Waals surface area (Å²) >= 11 is 17.3. The van der Waals surface area contributed by atoms with E-state index >= 15 is 0 Å². The average molecular weight is 683 g/mol. The largest absolute Gasteiger partial charge is 0.489 e. The van der Waals surface area contributed by atoms with Gasteiger partial charge in [0.15, 0.2) is 0 Å². The normalized spacial score (nSPS) is 22.8. The van der Waals surface area contributed by atoms with E-state index in [0.717, 1.165) is 49.8 Å². The van der Waals surface area contributed by atoms with Crippen LogP contribution in [0.4, 0.5) is 0 Å². The van der Waals surface area contributed by atoms with Gasteiger partial charge in [-0.05, 0) is 62.8 Å². The van der Waals surface area contributed by atoms with Crippen molar-refractivity contribution < 1.29 is 27.9 Å². The highest BCUT2D eigenvalue weighted by Crippen LogP contribution is 2.46. The lowest BCUT2D eigenvalue weighted by atomic mass is 9.81. The van der Waals surface area contributed by atoms with Crippen molar-refractivity contribution in [2.24, 2.45) is 5.92 Å². The first kappa shape index (κ1) is 31.8. The number of β-amino-alcohol motifs (C(OH)–C–C–N with tert-alkyl or cyclic N) is 1. The van der Waals surface area contributed by atoms with Crippen molar-refractivity contribution in [1.82, 2.24) is 14.8 Å². The minimum atomic E-state index is -2.33. The SMILES string of the molecule is O=C(NS(=O)O)C1CCCC(N2CC(O)(c3ccc(OCc4c(-c5c(Cl)cccc5Cl)noc4C4CC4)cc3Cl)C2)CCC1. The fourth-order valence-electron chi connectivity index (χ4n) is 6.51. The number of carbonyl (C=O) groups is 1. The fraction of sp³-hybridized carbons (Fsp3) is 0.484. The molecule has 0 spiro atoms. The first-order chi connectivity index (χ1) is 21.1. The second-order valence-electron chi connectivity index (χ2n) is 12.0. The molecule has 2 heterocycles. The third-order valence-electron chi connectivity index (χ3n) is 8.98. The van der Waals surface area contributed by atoms with Crippen LogP contribution in [0.3, 0.4) is 0 Å². The summed E-state index contributed by atoms with van der Waals surface area (Å²) in [5, 5.41) is 17.2. The molecule has 2 saturated carbocycles. The zero-order valence-corrected chi connectivity index (χ0v) is 27.0. The number of likely N-dealkylation sites (tertiary alicyclic amines) is 1. The second kappa shape index (κ2) is 13.3. The molecule has 0 radical (unpaired) electrons. The number of nitrogens with one attached hydrogen (secondary N) is 1. The van der Waals surface area contributed by atoms with Crippen LogP contribution in [0.5, 0.6) is 5.75 Å². The molecule has 0 bridgehead atoms. The van der Waals surface area contributed by atoms with Crippen LogP contribution in [0.25, 0.3) is 11.3 Å². The van der Waals surface area contributed by atoms with Gasteiger partial charge >= 0.3 is 0 Å². The number of nitrogens with zero attached hydrogens (tertiary/aromatic N) is 2. The summed E-state index contributed by atoms with van der Waals surface area (Å²) in [4.78, 5) is 14.4. The van der Waals surface area contributed by atoms with Crippen LogP contribution in [0.15, 0.2) is 40.9 Å². The number of carbonyl (C=O) groups excluding carboxylic acids is 1. The van der Waals surface area contributed by atoms with Gasteiger partial charge in [0.25, 0.3) is 11.3 Å². The zero-order valence-electron chi connectivity index (χ0n) is 23.9. The summed E-state index contributed by atoms with van der Waals surface area (Å²) in [6, 6.07) is 11.0. The Morgan fingerprint density at radius 3 is 2.34 bits per heavy atom. The number of hydrogen-bond donors (Lipinski definition) is 3. The molecule has 9 nitrogen and oxygen atoms in total. The first-order valence-electron chi connectivity index (χ1n) is 14.9. The molecule has 1 aliphatic heterocycles. The van der Waals surface area contributed by atoms with Crippen molar-refractivity contribution >= 4 is 52.0 Å². The molecule has 44 heavy (non-hydrogen) atoms. The monoisotopic (exact) mass is 681 g/mol. The summed E-state index contributed by atoms with van der Waals surface area (Å²) < 4.78 is 33.9. The smallest absolute Gasteiger partial charge is 0.261 e. The molecule has 1 atom stereocenters. The van der Waals surface area contributed by atoms with Crippen molar-refractivity contribution in [3.05, 3.63) is 68.4 Å². The molecule has 2 aliphatic carbocycles. The lowest BCUT2D eigenvalue weighted by molar-refractivity contribution is -0.127. The van der Waals surface area contributed by atoms with E-state index in [1.54, 1.807) is 24.3 Å². The Bertz CT molecular complexity index is 1530. The maximum Gasteiger partial charge on any atom is 0.261 e. The van der Waals surface area contributed by atoms with Gasteiger partial charge in [0, 0.05) is 42.1 Å². The molecule has 3 fully saturated rings. The fourth-order valence-corrected chi connectivity index (χ4v) is 7.77. The third kappa shape index (κ3) is 6.82. The number of benzene rings is 2. The van der Waals surface area contributed by atoms with Gasteiger partial charge < -0.3 is 14.4 Å². The van der Waals surface area contributed by atoms with Crippen LogP contribution in [-0.2, 0) is 28.3 Å². The molecule has 2 aromatic carbocycles. The van der Waals surface area contributed by atoms with Crippen LogP contribution >= 0.6 is 34.8 Å². The standard InChI is InChI=1S/C31H34Cl3N3O6S/c32-24-8-3-9-25(33)27(24)28-22(29(43-35-28)18-10-11-18)15-42-21-12-13-23(26(34)14-21)31(39)16-37(17-31)20-6-1-4-19(5-2-7-20)30(38)36-44(40)41/h3,8-9,12-14,18-20,39H,1-2,4-7,10-11,15-17H2,(H,36,38)(H,40,41). The van der Waals surface area contributed by atoms with E-state index in [1.807, 2.05) is 12.1 Å². The topological polar surface area (TPSA) is 125 Å². The quantitative estimate of drug-likeness (QED) is 0.209. The number of aliphatic hydroxyl groups is 1. The maximum absolute atomic E-state index is 12.2. The predicted molar refractivity (Wildman–Crippen MR) is 169 cm³/mol. The maximum atomic E-state index is 12.2. The van der Waals surface area contributed by atoms with Gasteiger partial charge in [-0.15, -0.1) is 0 Å². The van der Waals surface area contributed by atoms with Crippen molar-refractivity contribution in [2.45, 2.75) is 75.5 Å². The molecule has 3 aromatic rings. The van der Waals surface area contributed by atoms with Crippen LogP contribution in [0.2, 0.25) is 15.1 Å². The van der Waals surface area contributed by atoms with Gasteiger partial charge in [-0.25, -0.2) is 4.21 Å². The highest BCUT2D eigenvalue weighted by molar-refractivity contribution is 7.77. The number of ether oxygens (including phenoxy) is 1. The van der Waals surface area contributed by atoms with E-state index in [0.29, 0.717) is 75.5 Å². The van der Waals surface area contributed by atoms with Gasteiger partial charge in [-0.2, -0.15) is 0 Å². The Balaban J connectivity index is 1.08. The first-order valence-corrected chi connectivity index (χ1v) is 17.1. The molecule has 1 saturated heterocycles. The summed E-state index contributed by atoms with van der Waals surface area (Å²) in [5.74, 6) is 1.04. The molecular weight excluding hydrogens is 649 g/mol. The molecule has 1 amide bonds. The number of hydrogen-bond acceptors (Lipinski definition) is 7. The van der Waals surface area contributed by atoms with Gasteiger partial charge in [0.05, 0.1) is 20.6 Å². The van der Waals surface area contributed by atoms with E-state index in [9.17, 15) is 14.1 Å². The van der Waals surface area contributed by atoms with Crippen molar-refractivity contribution in [3.63, 3.8) is 0 Å². The Kier molecular flexibility index (Phi) is 9.59. The summed E-state index contributed by atoms with van der Waals surface area (Å²) in [6.07, 6.45) is 6.87. The molecule has 236 valence electrons. The van der Waals surface area contributed by atoms with E-state index in [1.165, 1.54) is 0 Å². The van der Waals surface area contributed by atoms with E-state index in [-0.39, 0.29) is 18.4 Å². The van der Waals surface area contributed by atoms with Crippen LogP contribution < -0.4 is 9.46 Å². The van der Waals surface area contributed by atoms with E-state index < -0.39 is 16.9 Å². The molecule has 13 heteroatoms. The Morgan fingerprint density at radius 2 is 1.73 bits per heavy atom. The minimum Gasteiger partial charge on any atom is -0.489 e. The van der Waals surface area contributed by atoms with Gasteiger partial charge in [0.1, 0.15) is 29.4 Å². The van der Waals surface area contributed by atoms with Crippen molar-refractivity contribution in [2.75, 3.05) is 13.1 Å². The Labute approximate surface area is 273 Å². The molecule has 6 rings (SSSR count). The molecule has 1 aromatic heterocycles. The van der Waals surface area contributed by atoms with Crippen LogP contribution in [-0.4, -0.2) is 49.0 Å². The Morgan fingerprint density at radius 1 is 1.05 bits per heavy atom. The van der Waals surface area contributed by atoms with E-state index in [4.69, 9.17) is 48.6 Å². The highest BCUT2D eigenvalue weighted by atomic mass is 35.5. The molecule has 3 aliphatic rings. The summed E-state index contributed by atoms with van der Waals surface area (Å²) in [6.45, 7) is 1.14. The lowest BCUT2D eigenvalue weighted by Crippen LogP contribution is -2.62. The van der Waals surface area contributed by atoms with Gasteiger partial charge in [0.2, 0.25) is 5.91 Å². The van der Waals surface area contributed by atoms with Gasteiger partial charge in [-0.3, -0.25) is 19.0 Å². The van der Waals surface area contributed by atoms with E-state index in [2.05, 4.69) is 14.8 Å². The third-order valence-corrected chi connectivity index (χ3v) is 10.3. The molecular formula is C31H34Cl3N3O6S. The van der Waals surface area contributed by atoms with Crippen molar-refractivity contribution in [1.29, 1.82) is 0 Å². The summed E-state index contributed by atoms with van der Waals surface area (Å²) in [5.41, 5.74) is 1.60. The molecule has 1 unspecified atom stereocenters. The number of amides is 1. The van der Waals surface area contributed by atoms with Crippen molar-refractivity contribution in [3.8, 4) is 17.0 Å². The average Bonchev–Trinajstić information content (AvgIpc) is 3.70.